The maximum atomic E-state index is 13.1. The Bertz CT molecular complexity index is 1380. The predicted molar refractivity (Wildman–Crippen MR) is 130 cm³/mol. The van der Waals surface area contributed by atoms with Gasteiger partial charge in [0.25, 0.3) is 5.91 Å². The van der Waals surface area contributed by atoms with Crippen LogP contribution in [0.1, 0.15) is 40.2 Å². The Morgan fingerprint density at radius 2 is 1.89 bits per heavy atom. The number of rotatable bonds is 9. The van der Waals surface area contributed by atoms with Crippen molar-refractivity contribution in [3.8, 4) is 11.6 Å². The third-order valence-electron chi connectivity index (χ3n) is 5.80. The summed E-state index contributed by atoms with van der Waals surface area (Å²) in [4.78, 5) is 15.3. The molecule has 5 rings (SSSR count). The number of hydrogen-bond acceptors (Lipinski definition) is 10. The molecule has 12 nitrogen and oxygen atoms in total. The molecule has 0 saturated carbocycles. The summed E-state index contributed by atoms with van der Waals surface area (Å²) in [5.41, 5.74) is 10.5. The molecule has 0 unspecified atom stereocenters. The number of amides is 1. The lowest BCUT2D eigenvalue weighted by atomic mass is 10.2. The lowest BCUT2D eigenvalue weighted by Gasteiger charge is -2.13. The maximum Gasteiger partial charge on any atom is 0.292 e. The highest BCUT2D eigenvalue weighted by atomic mass is 19.1. The summed E-state index contributed by atoms with van der Waals surface area (Å²) in [7, 11) is 0. The number of hydrogen-bond donors (Lipinski definition) is 2. The Balaban J connectivity index is 1.24. The molecule has 0 bridgehead atoms. The summed E-state index contributed by atoms with van der Waals surface area (Å²) >= 11 is 0. The van der Waals surface area contributed by atoms with Crippen LogP contribution in [0.15, 0.2) is 58.3 Å². The van der Waals surface area contributed by atoms with Crippen molar-refractivity contribution in [1.82, 2.24) is 35.6 Å². The largest absolute Gasteiger partial charge is 0.489 e. The van der Waals surface area contributed by atoms with Gasteiger partial charge in [-0.1, -0.05) is 17.3 Å². The Morgan fingerprint density at radius 1 is 1.14 bits per heavy atom. The van der Waals surface area contributed by atoms with Crippen LogP contribution >= 0.6 is 0 Å². The Hall–Kier alpha value is -4.65. The molecular formula is C24H24FN9O3. The first kappa shape index (κ1) is 24.1. The van der Waals surface area contributed by atoms with Crippen molar-refractivity contribution >= 4 is 17.9 Å². The van der Waals surface area contributed by atoms with Crippen LogP contribution in [0.3, 0.4) is 0 Å². The molecular weight excluding hydrogens is 481 g/mol. The molecule has 0 radical (unpaired) electrons. The van der Waals surface area contributed by atoms with Gasteiger partial charge in [-0.25, -0.2) is 14.4 Å². The molecule has 2 aromatic heterocycles. The van der Waals surface area contributed by atoms with E-state index in [0.29, 0.717) is 24.6 Å². The van der Waals surface area contributed by atoms with Crippen molar-refractivity contribution in [2.24, 2.45) is 5.10 Å². The van der Waals surface area contributed by atoms with Crippen molar-refractivity contribution in [2.45, 2.75) is 26.0 Å². The van der Waals surface area contributed by atoms with E-state index < -0.39 is 5.91 Å². The van der Waals surface area contributed by atoms with Gasteiger partial charge in [0, 0.05) is 6.54 Å². The molecule has 0 atom stereocenters. The van der Waals surface area contributed by atoms with E-state index in [-0.39, 0.29) is 23.1 Å². The Kier molecular flexibility index (Phi) is 7.12. The van der Waals surface area contributed by atoms with E-state index in [4.69, 9.17) is 10.5 Å². The fourth-order valence-corrected chi connectivity index (χ4v) is 3.90. The summed E-state index contributed by atoms with van der Waals surface area (Å²) in [5, 5.41) is 19.6. The summed E-state index contributed by atoms with van der Waals surface area (Å²) in [6.45, 7) is 2.61. The molecule has 1 amide bonds. The van der Waals surface area contributed by atoms with E-state index in [0.717, 1.165) is 37.1 Å². The van der Waals surface area contributed by atoms with Crippen LogP contribution in [0.5, 0.6) is 5.75 Å². The van der Waals surface area contributed by atoms with Gasteiger partial charge in [-0.15, -0.1) is 5.10 Å². The molecule has 1 aliphatic heterocycles. The highest BCUT2D eigenvalue weighted by Crippen LogP contribution is 2.19. The number of anilines is 1. The Morgan fingerprint density at radius 3 is 2.59 bits per heavy atom. The highest BCUT2D eigenvalue weighted by Gasteiger charge is 2.26. The first-order valence-electron chi connectivity index (χ1n) is 11.6. The second-order valence-electron chi connectivity index (χ2n) is 8.44. The van der Waals surface area contributed by atoms with Gasteiger partial charge in [-0.05, 0) is 83.8 Å². The number of ether oxygens (including phenoxy) is 1. The fourth-order valence-electron chi connectivity index (χ4n) is 3.90. The number of aromatic nitrogens is 5. The minimum absolute atomic E-state index is 0.0167. The van der Waals surface area contributed by atoms with Gasteiger partial charge < -0.3 is 10.5 Å². The first-order valence-corrected chi connectivity index (χ1v) is 11.6. The van der Waals surface area contributed by atoms with E-state index >= 15 is 0 Å². The molecule has 4 aromatic rings. The van der Waals surface area contributed by atoms with Crippen LogP contribution in [-0.4, -0.2) is 55.4 Å². The molecule has 1 aliphatic rings. The Labute approximate surface area is 210 Å². The lowest BCUT2D eigenvalue weighted by molar-refractivity contribution is 0.0945. The van der Waals surface area contributed by atoms with Gasteiger partial charge >= 0.3 is 0 Å². The minimum atomic E-state index is -0.530. The van der Waals surface area contributed by atoms with Crippen molar-refractivity contribution in [2.75, 3.05) is 18.8 Å². The molecule has 3 heterocycles. The molecule has 0 aliphatic carbocycles. The topological polar surface area (TPSA) is 150 Å². The average molecular weight is 506 g/mol. The molecule has 190 valence electrons. The smallest absolute Gasteiger partial charge is 0.292 e. The number of likely N-dealkylation sites (tertiary alicyclic amines) is 1. The highest BCUT2D eigenvalue weighted by molar-refractivity contribution is 5.95. The number of nitrogens with one attached hydrogen (secondary N) is 1. The number of benzene rings is 2. The van der Waals surface area contributed by atoms with E-state index in [9.17, 15) is 9.18 Å². The van der Waals surface area contributed by atoms with Gasteiger partial charge in [0.2, 0.25) is 11.6 Å². The summed E-state index contributed by atoms with van der Waals surface area (Å²) < 4.78 is 24.6. The van der Waals surface area contributed by atoms with Crippen LogP contribution in [0.4, 0.5) is 10.2 Å². The second-order valence-corrected chi connectivity index (χ2v) is 8.44. The molecule has 1 fully saturated rings. The third-order valence-corrected chi connectivity index (χ3v) is 5.80. The van der Waals surface area contributed by atoms with Crippen molar-refractivity contribution in [1.29, 1.82) is 0 Å². The van der Waals surface area contributed by atoms with Crippen LogP contribution in [0, 0.1) is 5.82 Å². The number of nitrogens with two attached hydrogens (primary N) is 1. The van der Waals surface area contributed by atoms with Gasteiger partial charge in [-0.2, -0.15) is 9.78 Å². The van der Waals surface area contributed by atoms with Gasteiger partial charge in [0.15, 0.2) is 5.69 Å². The summed E-state index contributed by atoms with van der Waals surface area (Å²) in [6.07, 6.45) is 3.69. The number of hydrazone groups is 1. The summed E-state index contributed by atoms with van der Waals surface area (Å²) in [5.74, 6) is -0.118. The van der Waals surface area contributed by atoms with Gasteiger partial charge in [0.1, 0.15) is 23.9 Å². The number of carbonyl (C=O) groups is 1. The zero-order valence-corrected chi connectivity index (χ0v) is 19.7. The normalized spacial score (nSPS) is 13.9. The monoisotopic (exact) mass is 505 g/mol. The zero-order valence-electron chi connectivity index (χ0n) is 19.7. The molecule has 2 aromatic carbocycles. The molecule has 37 heavy (non-hydrogen) atoms. The van der Waals surface area contributed by atoms with E-state index in [1.807, 2.05) is 0 Å². The van der Waals surface area contributed by atoms with Crippen molar-refractivity contribution in [3.05, 3.63) is 76.9 Å². The van der Waals surface area contributed by atoms with Crippen LogP contribution in [-0.2, 0) is 13.2 Å². The summed E-state index contributed by atoms with van der Waals surface area (Å²) in [6, 6.07) is 13.3. The standard InChI is InChI=1S/C24H24FN9O3/c25-18-7-3-17(4-8-18)15-36-19-9-5-16(6-10-19)13-27-29-24(35)21-20(14-33-11-1-2-12-33)28-32-34(21)23-22(26)30-37-31-23/h3-10,13H,1-2,11-12,14-15H2,(H2,26,30)(H,29,35). The van der Waals surface area contributed by atoms with E-state index in [1.54, 1.807) is 36.4 Å². The van der Waals surface area contributed by atoms with Gasteiger partial charge in [-0.3, -0.25) is 9.69 Å². The molecule has 0 spiro atoms. The quantitative estimate of drug-likeness (QED) is 0.258. The lowest BCUT2D eigenvalue weighted by Crippen LogP contribution is -2.26. The average Bonchev–Trinajstić information content (AvgIpc) is 3.66. The second kappa shape index (κ2) is 11.0. The van der Waals surface area contributed by atoms with E-state index in [1.165, 1.54) is 23.0 Å². The van der Waals surface area contributed by atoms with E-state index in [2.05, 4.69) is 40.7 Å². The zero-order chi connectivity index (χ0) is 25.6. The number of carbonyl (C=O) groups excluding carboxylic acids is 1. The predicted octanol–water partition coefficient (Wildman–Crippen LogP) is 2.31. The van der Waals surface area contributed by atoms with Crippen molar-refractivity contribution < 1.29 is 18.6 Å². The van der Waals surface area contributed by atoms with Crippen LogP contribution in [0.2, 0.25) is 0 Å². The third kappa shape index (κ3) is 5.78. The number of nitrogens with zero attached hydrogens (tertiary/aromatic N) is 7. The molecule has 13 heteroatoms. The SMILES string of the molecule is Nc1nonc1-n1nnc(CN2CCCC2)c1C(=O)NN=Cc1ccc(OCc2ccc(F)cc2)cc1. The number of nitrogen functional groups attached to an aromatic ring is 1. The number of halogens is 1. The van der Waals surface area contributed by atoms with Crippen molar-refractivity contribution in [3.63, 3.8) is 0 Å². The molecule has 3 N–H and O–H groups in total. The van der Waals surface area contributed by atoms with Crippen LogP contribution < -0.4 is 15.9 Å². The maximum absolute atomic E-state index is 13.1. The minimum Gasteiger partial charge on any atom is -0.489 e. The first-order chi connectivity index (χ1) is 18.1. The van der Waals surface area contributed by atoms with Crippen LogP contribution in [0.25, 0.3) is 5.82 Å². The molecule has 1 saturated heterocycles. The van der Waals surface area contributed by atoms with Gasteiger partial charge in [0.05, 0.1) is 6.21 Å². The fraction of sp³-hybridized carbons (Fsp3) is 0.250.